The topological polar surface area (TPSA) is 70.9 Å². The van der Waals surface area contributed by atoms with Gasteiger partial charge in [-0.25, -0.2) is 4.98 Å². The van der Waals surface area contributed by atoms with Gasteiger partial charge < -0.3 is 10.1 Å². The van der Waals surface area contributed by atoms with Crippen molar-refractivity contribution in [1.29, 1.82) is 0 Å². The smallest absolute Gasteiger partial charge is 0.267 e. The van der Waals surface area contributed by atoms with Gasteiger partial charge in [-0.15, -0.1) is 0 Å². The van der Waals surface area contributed by atoms with Crippen molar-refractivity contribution in [2.75, 3.05) is 0 Å². The summed E-state index contributed by atoms with van der Waals surface area (Å²) < 4.78 is 1.50. The predicted molar refractivity (Wildman–Crippen MR) is 103 cm³/mol. The zero-order chi connectivity index (χ0) is 18.4. The standard InChI is InChI=1S/C21H19N3O2/c1-12-4-7-15(8-5-12)17-10-16-20(23-17)22-11-24(21(16)26)19-13(2)6-9-18(25)14(19)3/h4-11,23,25H,1-3H3. The molecule has 0 aliphatic rings. The molecule has 5 nitrogen and oxygen atoms in total. The molecule has 0 radical (unpaired) electrons. The molecule has 0 atom stereocenters. The van der Waals surface area contributed by atoms with Crippen LogP contribution in [0.5, 0.6) is 5.75 Å². The Morgan fingerprint density at radius 1 is 1.04 bits per heavy atom. The van der Waals surface area contributed by atoms with Crippen molar-refractivity contribution in [3.63, 3.8) is 0 Å². The molecule has 2 heterocycles. The first-order valence-corrected chi connectivity index (χ1v) is 8.42. The van der Waals surface area contributed by atoms with Crippen molar-refractivity contribution >= 4 is 11.0 Å². The van der Waals surface area contributed by atoms with E-state index < -0.39 is 0 Å². The van der Waals surface area contributed by atoms with E-state index in [9.17, 15) is 9.90 Å². The van der Waals surface area contributed by atoms with Crippen LogP contribution in [-0.2, 0) is 0 Å². The van der Waals surface area contributed by atoms with E-state index in [4.69, 9.17) is 0 Å². The number of rotatable bonds is 2. The number of aromatic hydroxyl groups is 1. The Hall–Kier alpha value is -3.34. The van der Waals surface area contributed by atoms with Gasteiger partial charge in [0.05, 0.1) is 11.1 Å². The number of aromatic nitrogens is 3. The highest BCUT2D eigenvalue weighted by atomic mass is 16.3. The molecule has 0 aliphatic carbocycles. The Kier molecular flexibility index (Phi) is 3.65. The van der Waals surface area contributed by atoms with Crippen LogP contribution in [0.15, 0.2) is 53.6 Å². The van der Waals surface area contributed by atoms with Crippen molar-refractivity contribution in [1.82, 2.24) is 14.5 Å². The van der Waals surface area contributed by atoms with Crippen LogP contribution in [0.4, 0.5) is 0 Å². The summed E-state index contributed by atoms with van der Waals surface area (Å²) in [6.45, 7) is 5.74. The summed E-state index contributed by atoms with van der Waals surface area (Å²) in [6, 6.07) is 13.4. The van der Waals surface area contributed by atoms with Gasteiger partial charge in [-0.2, -0.15) is 0 Å². The number of aromatic amines is 1. The van der Waals surface area contributed by atoms with Crippen LogP contribution in [-0.4, -0.2) is 19.6 Å². The monoisotopic (exact) mass is 345 g/mol. The lowest BCUT2D eigenvalue weighted by atomic mass is 10.1. The summed E-state index contributed by atoms with van der Waals surface area (Å²) in [5.41, 5.74) is 5.65. The van der Waals surface area contributed by atoms with Crippen LogP contribution >= 0.6 is 0 Å². The molecule has 26 heavy (non-hydrogen) atoms. The second-order valence-corrected chi connectivity index (χ2v) is 6.61. The Morgan fingerprint density at radius 2 is 1.77 bits per heavy atom. The maximum absolute atomic E-state index is 13.1. The zero-order valence-corrected chi connectivity index (χ0v) is 14.9. The lowest BCUT2D eigenvalue weighted by Crippen LogP contribution is -2.20. The highest BCUT2D eigenvalue weighted by Gasteiger charge is 2.14. The molecule has 4 rings (SSSR count). The summed E-state index contributed by atoms with van der Waals surface area (Å²) in [5, 5.41) is 10.5. The summed E-state index contributed by atoms with van der Waals surface area (Å²) in [5.74, 6) is 0.159. The molecule has 2 aromatic heterocycles. The fourth-order valence-corrected chi connectivity index (χ4v) is 3.25. The number of fused-ring (bicyclic) bond motifs is 1. The molecule has 0 saturated carbocycles. The third-order valence-corrected chi connectivity index (χ3v) is 4.76. The molecular weight excluding hydrogens is 326 g/mol. The number of hydrogen-bond donors (Lipinski definition) is 2. The van der Waals surface area contributed by atoms with Gasteiger partial charge in [0.1, 0.15) is 17.7 Å². The molecule has 4 aromatic rings. The molecule has 0 saturated heterocycles. The van der Waals surface area contributed by atoms with Crippen LogP contribution in [0.2, 0.25) is 0 Å². The van der Waals surface area contributed by atoms with Gasteiger partial charge in [-0.3, -0.25) is 9.36 Å². The van der Waals surface area contributed by atoms with Crippen molar-refractivity contribution in [3.05, 3.63) is 75.8 Å². The lowest BCUT2D eigenvalue weighted by Gasteiger charge is -2.13. The first kappa shape index (κ1) is 16.1. The average Bonchev–Trinajstić information content (AvgIpc) is 3.06. The maximum atomic E-state index is 13.1. The van der Waals surface area contributed by atoms with Gasteiger partial charge in [-0.1, -0.05) is 35.9 Å². The molecule has 0 unspecified atom stereocenters. The zero-order valence-electron chi connectivity index (χ0n) is 14.9. The minimum atomic E-state index is -0.165. The highest BCUT2D eigenvalue weighted by Crippen LogP contribution is 2.27. The minimum absolute atomic E-state index is 0.159. The molecule has 0 aliphatic heterocycles. The van der Waals surface area contributed by atoms with E-state index in [1.165, 1.54) is 16.5 Å². The van der Waals surface area contributed by atoms with E-state index in [0.717, 1.165) is 16.8 Å². The number of nitrogens with one attached hydrogen (secondary N) is 1. The molecule has 5 heteroatoms. The van der Waals surface area contributed by atoms with E-state index in [1.54, 1.807) is 19.1 Å². The van der Waals surface area contributed by atoms with E-state index in [1.807, 2.05) is 44.2 Å². The maximum Gasteiger partial charge on any atom is 0.267 e. The second-order valence-electron chi connectivity index (χ2n) is 6.61. The van der Waals surface area contributed by atoms with E-state index in [2.05, 4.69) is 9.97 Å². The summed E-state index contributed by atoms with van der Waals surface area (Å²) in [6.07, 6.45) is 1.51. The van der Waals surface area contributed by atoms with Gasteiger partial charge in [0.2, 0.25) is 0 Å². The van der Waals surface area contributed by atoms with E-state index in [0.29, 0.717) is 22.3 Å². The molecule has 2 aromatic carbocycles. The van der Waals surface area contributed by atoms with E-state index in [-0.39, 0.29) is 11.3 Å². The van der Waals surface area contributed by atoms with Gasteiger partial charge in [0, 0.05) is 11.3 Å². The fourth-order valence-electron chi connectivity index (χ4n) is 3.25. The van der Waals surface area contributed by atoms with Crippen LogP contribution in [0, 0.1) is 20.8 Å². The van der Waals surface area contributed by atoms with Crippen LogP contribution in [0.1, 0.15) is 16.7 Å². The summed E-state index contributed by atoms with van der Waals surface area (Å²) >= 11 is 0. The Balaban J connectivity index is 1.93. The predicted octanol–water partition coefficient (Wildman–Crippen LogP) is 4.01. The number of H-pyrrole nitrogens is 1. The fraction of sp³-hybridized carbons (Fsp3) is 0.143. The SMILES string of the molecule is Cc1ccc(-c2cc3c(=O)n(-c4c(C)ccc(O)c4C)cnc3[nH]2)cc1. The highest BCUT2D eigenvalue weighted by molar-refractivity contribution is 5.82. The average molecular weight is 345 g/mol. The van der Waals surface area contributed by atoms with Crippen molar-refractivity contribution < 1.29 is 5.11 Å². The number of benzene rings is 2. The van der Waals surface area contributed by atoms with Gasteiger partial charge in [0.15, 0.2) is 0 Å². The number of aryl methyl sites for hydroxylation is 2. The first-order chi connectivity index (χ1) is 12.5. The molecule has 0 bridgehead atoms. The van der Waals surface area contributed by atoms with Crippen molar-refractivity contribution in [3.8, 4) is 22.7 Å². The van der Waals surface area contributed by atoms with Gasteiger partial charge >= 0.3 is 0 Å². The quantitative estimate of drug-likeness (QED) is 0.576. The Morgan fingerprint density at radius 3 is 2.50 bits per heavy atom. The second kappa shape index (κ2) is 5.88. The molecule has 130 valence electrons. The minimum Gasteiger partial charge on any atom is -0.508 e. The first-order valence-electron chi connectivity index (χ1n) is 8.42. The number of phenols is 1. The molecule has 2 N–H and O–H groups in total. The summed E-state index contributed by atoms with van der Waals surface area (Å²) in [7, 11) is 0. The normalized spacial score (nSPS) is 11.2. The largest absolute Gasteiger partial charge is 0.508 e. The van der Waals surface area contributed by atoms with Crippen LogP contribution < -0.4 is 5.56 Å². The lowest BCUT2D eigenvalue weighted by molar-refractivity contribution is 0.470. The Labute approximate surface area is 150 Å². The Bertz CT molecular complexity index is 1180. The van der Waals surface area contributed by atoms with Crippen molar-refractivity contribution in [2.45, 2.75) is 20.8 Å². The van der Waals surface area contributed by atoms with Crippen LogP contribution in [0.25, 0.3) is 28.0 Å². The number of phenolic OH excluding ortho intramolecular Hbond substituents is 1. The van der Waals surface area contributed by atoms with Crippen LogP contribution in [0.3, 0.4) is 0 Å². The number of nitrogens with zero attached hydrogens (tertiary/aromatic N) is 2. The molecule has 0 fully saturated rings. The number of hydrogen-bond acceptors (Lipinski definition) is 3. The molecule has 0 spiro atoms. The third kappa shape index (κ3) is 2.49. The molecule has 0 amide bonds. The molecular formula is C21H19N3O2. The van der Waals surface area contributed by atoms with Gasteiger partial charge in [0.25, 0.3) is 5.56 Å². The third-order valence-electron chi connectivity index (χ3n) is 4.76. The summed E-state index contributed by atoms with van der Waals surface area (Å²) in [4.78, 5) is 20.7. The van der Waals surface area contributed by atoms with Gasteiger partial charge in [-0.05, 0) is 44.0 Å². The van der Waals surface area contributed by atoms with Crippen molar-refractivity contribution in [2.24, 2.45) is 0 Å². The van der Waals surface area contributed by atoms with E-state index >= 15 is 0 Å².